The molecule has 0 radical (unpaired) electrons. The summed E-state index contributed by atoms with van der Waals surface area (Å²) in [7, 11) is 0. The fourth-order valence-corrected chi connectivity index (χ4v) is 7.82. The summed E-state index contributed by atoms with van der Waals surface area (Å²) in [5.41, 5.74) is 7.73. The highest BCUT2D eigenvalue weighted by Crippen LogP contribution is 2.59. The van der Waals surface area contributed by atoms with Gasteiger partial charge in [0.25, 0.3) is 0 Å². The van der Waals surface area contributed by atoms with Gasteiger partial charge in [-0.15, -0.1) is 0 Å². The summed E-state index contributed by atoms with van der Waals surface area (Å²) in [5.74, 6) is 3.13. The fourth-order valence-electron chi connectivity index (χ4n) is 7.82. The van der Waals surface area contributed by atoms with Crippen LogP contribution in [-0.2, 0) is 0 Å². The van der Waals surface area contributed by atoms with Gasteiger partial charge in [-0.2, -0.15) is 0 Å². The Labute approximate surface area is 271 Å². The van der Waals surface area contributed by atoms with Gasteiger partial charge < -0.3 is 28.7 Å². The predicted molar refractivity (Wildman–Crippen MR) is 193 cm³/mol. The molecule has 0 unspecified atom stereocenters. The lowest BCUT2D eigenvalue weighted by Crippen LogP contribution is -2.24. The van der Waals surface area contributed by atoms with Crippen LogP contribution in [0.15, 0.2) is 50.6 Å². The van der Waals surface area contributed by atoms with E-state index in [0.29, 0.717) is 26.4 Å². The van der Waals surface area contributed by atoms with Crippen LogP contribution in [0.3, 0.4) is 0 Å². The predicted octanol–water partition coefficient (Wildman–Crippen LogP) is 9.89. The Morgan fingerprint density at radius 3 is 0.826 bits per heavy atom. The van der Waals surface area contributed by atoms with E-state index in [1.807, 2.05) is 27.7 Å². The Morgan fingerprint density at radius 1 is 0.391 bits per heavy atom. The smallest absolute Gasteiger partial charge is 0.128 e. The van der Waals surface area contributed by atoms with Crippen molar-refractivity contribution >= 4 is 65.9 Å². The Bertz CT molecular complexity index is 1860. The molecule has 2 heterocycles. The minimum absolute atomic E-state index is 0.503. The van der Waals surface area contributed by atoms with Crippen molar-refractivity contribution in [3.05, 3.63) is 72.8 Å². The first-order valence-electron chi connectivity index (χ1n) is 16.5. The molecule has 2 aliphatic heterocycles. The van der Waals surface area contributed by atoms with Gasteiger partial charge in [0.1, 0.15) is 23.0 Å². The van der Waals surface area contributed by atoms with Crippen molar-refractivity contribution < 1.29 is 18.9 Å². The average molecular weight is 615 g/mol. The van der Waals surface area contributed by atoms with Gasteiger partial charge in [0.2, 0.25) is 0 Å². The number of hydrogen-bond acceptors (Lipinski definition) is 6. The topological polar surface area (TPSA) is 43.4 Å². The van der Waals surface area contributed by atoms with Gasteiger partial charge in [-0.05, 0) is 65.8 Å². The van der Waals surface area contributed by atoms with Gasteiger partial charge in [0.15, 0.2) is 0 Å². The zero-order valence-corrected chi connectivity index (χ0v) is 27.9. The molecule has 0 bridgehead atoms. The van der Waals surface area contributed by atoms with E-state index in [9.17, 15) is 0 Å². The van der Waals surface area contributed by atoms with Crippen molar-refractivity contribution in [2.45, 2.75) is 41.5 Å². The minimum atomic E-state index is 0.503. The first kappa shape index (κ1) is 29.8. The molecule has 0 spiro atoms. The molecule has 0 fully saturated rings. The van der Waals surface area contributed by atoms with E-state index in [1.54, 1.807) is 0 Å². The third kappa shape index (κ3) is 3.76. The molecule has 7 rings (SSSR count). The van der Waals surface area contributed by atoms with E-state index < -0.39 is 0 Å². The lowest BCUT2D eigenvalue weighted by atomic mass is 9.79. The Hall–Kier alpha value is -4.84. The van der Waals surface area contributed by atoms with E-state index in [4.69, 9.17) is 18.9 Å². The van der Waals surface area contributed by atoms with Gasteiger partial charge in [-0.1, -0.05) is 26.3 Å². The first-order chi connectivity index (χ1) is 22.3. The fraction of sp³-hybridized carbons (Fsp3) is 0.300. The summed E-state index contributed by atoms with van der Waals surface area (Å²) in [6.07, 6.45) is 0. The zero-order valence-electron chi connectivity index (χ0n) is 27.9. The van der Waals surface area contributed by atoms with Crippen molar-refractivity contribution in [3.63, 3.8) is 0 Å². The van der Waals surface area contributed by atoms with Crippen LogP contribution in [0.2, 0.25) is 0 Å². The van der Waals surface area contributed by atoms with Gasteiger partial charge in [-0.25, -0.2) is 0 Å². The van der Waals surface area contributed by atoms with Crippen molar-refractivity contribution in [2.75, 3.05) is 39.5 Å². The van der Waals surface area contributed by atoms with Crippen LogP contribution in [-0.4, -0.2) is 49.3 Å². The molecule has 236 valence electrons. The molecule has 6 nitrogen and oxygen atoms in total. The van der Waals surface area contributed by atoms with Crippen molar-refractivity contribution in [1.82, 2.24) is 9.80 Å². The highest BCUT2D eigenvalue weighted by molar-refractivity contribution is 6.41. The summed E-state index contributed by atoms with van der Waals surface area (Å²) < 4.78 is 26.2. The maximum Gasteiger partial charge on any atom is 0.128 e. The van der Waals surface area contributed by atoms with E-state index >= 15 is 0 Å². The lowest BCUT2D eigenvalue weighted by Gasteiger charge is -2.37. The van der Waals surface area contributed by atoms with Crippen LogP contribution in [0.1, 0.15) is 63.8 Å². The monoisotopic (exact) mass is 614 g/mol. The van der Waals surface area contributed by atoms with E-state index in [1.165, 1.54) is 0 Å². The highest BCUT2D eigenvalue weighted by atomic mass is 16.5. The molecule has 0 N–H and O–H groups in total. The second-order valence-corrected chi connectivity index (χ2v) is 11.7. The van der Waals surface area contributed by atoms with Crippen molar-refractivity contribution in [2.24, 2.45) is 0 Å². The summed E-state index contributed by atoms with van der Waals surface area (Å²) >= 11 is 0. The third-order valence-corrected chi connectivity index (χ3v) is 9.54. The largest absolute Gasteiger partial charge is 0.493 e. The van der Waals surface area contributed by atoms with Crippen LogP contribution in [0.5, 0.6) is 23.0 Å². The number of benzene rings is 5. The van der Waals surface area contributed by atoms with Gasteiger partial charge in [0, 0.05) is 101 Å². The number of ether oxygens (including phenoxy) is 4. The Kier molecular flexibility index (Phi) is 7.07. The second kappa shape index (κ2) is 10.9. The standard InChI is InChI=1S/C40H42N2O4/c1-11-41-21(7)25-17-29(43-13-3)35-37-31(45-15-5)19-27-23(9)42(12-2)24(10)28-20-32(46-16-6)38(40(37)34(27)28)36-30(44-14-4)18-26(22(41)8)33(25)39(35)36/h17-20H,7-16H2,1-6H3. The maximum atomic E-state index is 6.56. The number of hydrogen-bond donors (Lipinski definition) is 0. The molecular weight excluding hydrogens is 572 g/mol. The quantitative estimate of drug-likeness (QED) is 0.115. The van der Waals surface area contributed by atoms with E-state index in [2.05, 4.69) is 74.2 Å². The summed E-state index contributed by atoms with van der Waals surface area (Å²) in [4.78, 5) is 4.33. The van der Waals surface area contributed by atoms with Crippen molar-refractivity contribution in [1.29, 1.82) is 0 Å². The Balaban J connectivity index is 1.87. The molecule has 46 heavy (non-hydrogen) atoms. The number of rotatable bonds is 10. The maximum absolute atomic E-state index is 6.56. The molecule has 5 aromatic carbocycles. The van der Waals surface area contributed by atoms with Crippen LogP contribution in [0.4, 0.5) is 0 Å². The number of nitrogens with zero attached hydrogens (tertiary/aromatic N) is 2. The number of fused-ring (bicyclic) bond motifs is 2. The van der Waals surface area contributed by atoms with Crippen LogP contribution >= 0.6 is 0 Å². The lowest BCUT2D eigenvalue weighted by molar-refractivity contribution is 0.340. The molecule has 0 saturated carbocycles. The van der Waals surface area contributed by atoms with E-state index in [-0.39, 0.29) is 0 Å². The molecule has 0 aromatic heterocycles. The van der Waals surface area contributed by atoms with Crippen molar-refractivity contribution in [3.8, 4) is 23.0 Å². The molecular formula is C40H42N2O4. The van der Waals surface area contributed by atoms with Crippen LogP contribution in [0, 0.1) is 0 Å². The molecule has 5 aromatic rings. The molecule has 0 atom stereocenters. The summed E-state index contributed by atoms with van der Waals surface area (Å²) in [6.45, 7) is 34.1. The summed E-state index contributed by atoms with van der Waals surface area (Å²) in [6, 6.07) is 8.62. The second-order valence-electron chi connectivity index (χ2n) is 11.7. The minimum Gasteiger partial charge on any atom is -0.493 e. The zero-order chi connectivity index (χ0) is 32.6. The van der Waals surface area contributed by atoms with E-state index in [0.717, 1.165) is 124 Å². The third-order valence-electron chi connectivity index (χ3n) is 9.54. The van der Waals surface area contributed by atoms with Gasteiger partial charge in [0.05, 0.1) is 26.4 Å². The van der Waals surface area contributed by atoms with Gasteiger partial charge in [-0.3, -0.25) is 0 Å². The van der Waals surface area contributed by atoms with Crippen LogP contribution < -0.4 is 18.9 Å². The highest BCUT2D eigenvalue weighted by Gasteiger charge is 2.35. The molecule has 0 saturated heterocycles. The molecule has 6 heteroatoms. The SMILES string of the molecule is C=C1c2cc(OCC)c3c4c(OCC)cc5c6c(cc(OCC)c(c7c(OCC)cc(c2c37)C(=C)N1CC)c64)C(=C)N(CC)C5=C. The normalized spacial score (nSPS) is 14.5. The first-order valence-corrected chi connectivity index (χ1v) is 16.5. The van der Waals surface area contributed by atoms with Crippen LogP contribution in [0.25, 0.3) is 65.9 Å². The Morgan fingerprint density at radius 2 is 0.630 bits per heavy atom. The molecule has 0 aliphatic carbocycles. The molecule has 0 amide bonds. The summed E-state index contributed by atoms with van der Waals surface area (Å²) in [5, 5.41) is 8.21. The molecule has 2 aliphatic rings. The average Bonchev–Trinajstić information content (AvgIpc) is 3.04. The van der Waals surface area contributed by atoms with Gasteiger partial charge >= 0.3 is 0 Å².